The van der Waals surface area contributed by atoms with Crippen LogP contribution in [0.5, 0.6) is 0 Å². The monoisotopic (exact) mass is 842 g/mol. The van der Waals surface area contributed by atoms with Gasteiger partial charge in [-0.25, -0.2) is 18.7 Å². The average molecular weight is 844 g/mol. The number of nitrogens with one attached hydrogen (secondary N) is 2. The van der Waals surface area contributed by atoms with E-state index >= 15 is 0 Å². The van der Waals surface area contributed by atoms with Crippen LogP contribution in [0.1, 0.15) is 32.1 Å². The van der Waals surface area contributed by atoms with Gasteiger partial charge in [0, 0.05) is 73.2 Å². The number of piperidine rings is 2. The quantitative estimate of drug-likeness (QED) is 0.146. The van der Waals surface area contributed by atoms with Gasteiger partial charge in [-0.05, 0) is 118 Å². The summed E-state index contributed by atoms with van der Waals surface area (Å²) in [5, 5.41) is 10.3. The maximum absolute atomic E-state index is 14.7. The number of aromatic nitrogens is 4. The second kappa shape index (κ2) is 17.2. The van der Waals surface area contributed by atoms with E-state index in [-0.39, 0.29) is 29.4 Å². The van der Waals surface area contributed by atoms with E-state index in [4.69, 9.17) is 28.3 Å². The van der Waals surface area contributed by atoms with E-state index in [1.807, 2.05) is 24.1 Å². The molecular formula is C44H46Cl2F2N8O3. The highest BCUT2D eigenvalue weighted by atomic mass is 35.5. The van der Waals surface area contributed by atoms with Gasteiger partial charge in [-0.3, -0.25) is 9.59 Å². The summed E-state index contributed by atoms with van der Waals surface area (Å²) in [6.07, 6.45) is 3.84. The summed E-state index contributed by atoms with van der Waals surface area (Å²) >= 11 is 12.1. The molecule has 308 valence electrons. The molecule has 3 aliphatic rings. The third-order valence-electron chi connectivity index (χ3n) is 12.0. The Morgan fingerprint density at radius 3 is 1.61 bits per heavy atom. The van der Waals surface area contributed by atoms with Gasteiger partial charge in [0.05, 0.1) is 39.1 Å². The molecule has 3 aliphatic heterocycles. The number of halogens is 4. The van der Waals surface area contributed by atoms with Gasteiger partial charge in [0.1, 0.15) is 23.3 Å². The molecule has 2 aromatic heterocycles. The predicted octanol–water partition coefficient (Wildman–Crippen LogP) is 8.72. The Morgan fingerprint density at radius 2 is 1.17 bits per heavy atom. The Labute approximate surface area is 350 Å². The van der Waals surface area contributed by atoms with Gasteiger partial charge in [-0.1, -0.05) is 23.2 Å². The van der Waals surface area contributed by atoms with Crippen molar-refractivity contribution in [2.24, 2.45) is 11.8 Å². The van der Waals surface area contributed by atoms with Crippen molar-refractivity contribution < 1.29 is 23.5 Å². The second-order valence-electron chi connectivity index (χ2n) is 15.8. The van der Waals surface area contributed by atoms with Crippen LogP contribution in [0, 0.1) is 23.5 Å². The van der Waals surface area contributed by atoms with Gasteiger partial charge in [0.25, 0.3) is 0 Å². The third-order valence-corrected chi connectivity index (χ3v) is 12.4. The predicted molar refractivity (Wildman–Crippen MR) is 229 cm³/mol. The minimum absolute atomic E-state index is 0.0530. The van der Waals surface area contributed by atoms with Crippen molar-refractivity contribution >= 4 is 68.5 Å². The molecule has 0 bridgehead atoms. The van der Waals surface area contributed by atoms with E-state index in [1.54, 1.807) is 48.5 Å². The minimum Gasteiger partial charge on any atom is -0.481 e. The zero-order chi connectivity index (χ0) is 41.4. The normalized spacial score (nSPS) is 18.0. The molecule has 6 aromatic rings. The Morgan fingerprint density at radius 1 is 0.695 bits per heavy atom. The number of anilines is 2. The molecular weight excluding hydrogens is 797 g/mol. The summed E-state index contributed by atoms with van der Waals surface area (Å²) in [6.45, 7) is 4.82. The molecule has 4 aromatic carbocycles. The molecule has 0 saturated carbocycles. The molecule has 5 heterocycles. The van der Waals surface area contributed by atoms with Gasteiger partial charge < -0.3 is 34.7 Å². The molecule has 3 saturated heterocycles. The largest absolute Gasteiger partial charge is 0.481 e. The fourth-order valence-corrected chi connectivity index (χ4v) is 8.81. The number of amides is 1. The number of carbonyl (C=O) groups excluding carboxylic acids is 1. The number of carboxylic acid groups (broad SMARTS) is 1. The third kappa shape index (κ3) is 8.88. The van der Waals surface area contributed by atoms with E-state index in [0.717, 1.165) is 78.9 Å². The standard InChI is InChI=1S/C25H29ClFN5O.C19H17ClFN3O2/c1-30-10-9-19(15-30)31(2)25(33)16-7-11-32(12-8-16)18-4-5-21(27)20(14-18)24-28-22-6-3-17(26)13-23(22)29-24;20-12-1-4-16-17(9-12)23-18(22-16)14-10-13(2-3-15(14)21)24-7-5-11(6-8-24)19(25)26/h3-6,13-14,16,19H,7-12,15H2,1-2H3,(H,28,29);1-4,9-11H,5-8H2,(H,22,23)(H,25,26). The topological polar surface area (TPSA) is 125 Å². The first-order valence-corrected chi connectivity index (χ1v) is 20.7. The van der Waals surface area contributed by atoms with Crippen LogP contribution in [0.2, 0.25) is 10.0 Å². The van der Waals surface area contributed by atoms with Gasteiger partial charge in [0.15, 0.2) is 0 Å². The molecule has 11 nitrogen and oxygen atoms in total. The van der Waals surface area contributed by atoms with Crippen LogP contribution in [0.15, 0.2) is 72.8 Å². The fourth-order valence-electron chi connectivity index (χ4n) is 8.47. The van der Waals surface area contributed by atoms with Crippen LogP contribution < -0.4 is 9.80 Å². The van der Waals surface area contributed by atoms with Crippen LogP contribution in [0.25, 0.3) is 44.8 Å². The highest BCUT2D eigenvalue weighted by molar-refractivity contribution is 6.31. The van der Waals surface area contributed by atoms with Crippen LogP contribution >= 0.6 is 23.2 Å². The van der Waals surface area contributed by atoms with Gasteiger partial charge in [-0.2, -0.15) is 0 Å². The van der Waals surface area contributed by atoms with E-state index in [0.29, 0.717) is 64.8 Å². The maximum atomic E-state index is 14.7. The number of likely N-dealkylation sites (tertiary alicyclic amines) is 1. The molecule has 1 amide bonds. The number of aromatic amines is 2. The summed E-state index contributed by atoms with van der Waals surface area (Å²) in [5.41, 5.74) is 5.62. The number of nitrogens with zero attached hydrogens (tertiary/aromatic N) is 6. The number of benzene rings is 4. The Bertz CT molecular complexity index is 2500. The Hall–Kier alpha value is -5.24. The number of hydrogen-bond donors (Lipinski definition) is 3. The first kappa shape index (κ1) is 40.5. The van der Waals surface area contributed by atoms with E-state index in [2.05, 4.69) is 41.7 Å². The smallest absolute Gasteiger partial charge is 0.306 e. The molecule has 1 unspecified atom stereocenters. The molecule has 0 aliphatic carbocycles. The summed E-state index contributed by atoms with van der Waals surface area (Å²) in [5.74, 6) is -0.483. The van der Waals surface area contributed by atoms with E-state index in [9.17, 15) is 18.4 Å². The Balaban J connectivity index is 0.000000169. The summed E-state index contributed by atoms with van der Waals surface area (Å²) in [4.78, 5) is 48.0. The van der Waals surface area contributed by atoms with Crippen molar-refractivity contribution in [3.8, 4) is 22.8 Å². The van der Waals surface area contributed by atoms with Crippen molar-refractivity contribution in [3.63, 3.8) is 0 Å². The highest BCUT2D eigenvalue weighted by Gasteiger charge is 2.33. The van der Waals surface area contributed by atoms with Crippen molar-refractivity contribution in [1.29, 1.82) is 0 Å². The van der Waals surface area contributed by atoms with E-state index < -0.39 is 5.97 Å². The number of imidazole rings is 2. The zero-order valence-electron chi connectivity index (χ0n) is 32.9. The Kier molecular flexibility index (Phi) is 11.8. The number of rotatable bonds is 7. The summed E-state index contributed by atoms with van der Waals surface area (Å²) in [7, 11) is 4.06. The lowest BCUT2D eigenvalue weighted by Crippen LogP contribution is -2.45. The number of hydrogen-bond acceptors (Lipinski definition) is 7. The molecule has 3 N–H and O–H groups in total. The number of likely N-dealkylation sites (N-methyl/N-ethyl adjacent to an activating group) is 2. The first-order valence-electron chi connectivity index (χ1n) is 20.0. The van der Waals surface area contributed by atoms with Gasteiger partial charge in [0.2, 0.25) is 5.91 Å². The number of H-pyrrole nitrogens is 2. The van der Waals surface area contributed by atoms with E-state index in [1.165, 1.54) is 12.1 Å². The minimum atomic E-state index is -0.745. The van der Waals surface area contributed by atoms with Crippen molar-refractivity contribution in [2.75, 3.05) is 63.2 Å². The molecule has 1 atom stereocenters. The lowest BCUT2D eigenvalue weighted by molar-refractivity contribution is -0.142. The van der Waals surface area contributed by atoms with Crippen molar-refractivity contribution in [3.05, 3.63) is 94.5 Å². The SMILES string of the molecule is CN1CCC(N(C)C(=O)C2CCN(c3ccc(F)c(-c4nc5ccc(Cl)cc5[nH]4)c3)CC2)C1.O=C(O)C1CCN(c2ccc(F)c(-c3nc4ccc(Cl)cc4[nH]3)c2)CC1. The maximum Gasteiger partial charge on any atom is 0.306 e. The lowest BCUT2D eigenvalue weighted by Gasteiger charge is -2.36. The van der Waals surface area contributed by atoms with Crippen LogP contribution in [0.4, 0.5) is 20.2 Å². The fraction of sp³-hybridized carbons (Fsp3) is 0.364. The average Bonchev–Trinajstić information content (AvgIpc) is 3.99. The van der Waals surface area contributed by atoms with Crippen molar-refractivity contribution in [2.45, 2.75) is 38.1 Å². The molecule has 59 heavy (non-hydrogen) atoms. The molecule has 15 heteroatoms. The van der Waals surface area contributed by atoms with Crippen molar-refractivity contribution in [1.82, 2.24) is 29.7 Å². The zero-order valence-corrected chi connectivity index (χ0v) is 34.4. The lowest BCUT2D eigenvalue weighted by atomic mass is 9.94. The molecule has 3 fully saturated rings. The molecule has 0 spiro atoms. The van der Waals surface area contributed by atoms with Crippen LogP contribution in [-0.2, 0) is 9.59 Å². The summed E-state index contributed by atoms with van der Waals surface area (Å²) < 4.78 is 29.1. The van der Waals surface area contributed by atoms with Crippen LogP contribution in [0.3, 0.4) is 0 Å². The van der Waals surface area contributed by atoms with Gasteiger partial charge in [-0.15, -0.1) is 0 Å². The number of carbonyl (C=O) groups is 2. The van der Waals surface area contributed by atoms with Gasteiger partial charge >= 0.3 is 5.97 Å². The van der Waals surface area contributed by atoms with Crippen LogP contribution in [-0.4, -0.2) is 106 Å². The second-order valence-corrected chi connectivity index (χ2v) is 16.7. The molecule has 9 rings (SSSR count). The number of carboxylic acids is 1. The first-order chi connectivity index (χ1) is 28.4. The molecule has 0 radical (unpaired) electrons. The summed E-state index contributed by atoms with van der Waals surface area (Å²) in [6, 6.07) is 21.0. The number of aliphatic carboxylic acids is 1. The highest BCUT2D eigenvalue weighted by Crippen LogP contribution is 2.33. The number of fused-ring (bicyclic) bond motifs is 2.